The van der Waals surface area contributed by atoms with Gasteiger partial charge in [0.2, 0.25) is 10.0 Å². The lowest BCUT2D eigenvalue weighted by atomic mass is 9.87. The molecule has 2 rings (SSSR count). The van der Waals surface area contributed by atoms with E-state index in [2.05, 4.69) is 0 Å². The fourth-order valence-electron chi connectivity index (χ4n) is 2.93. The van der Waals surface area contributed by atoms with E-state index in [1.165, 1.54) is 10.6 Å². The van der Waals surface area contributed by atoms with E-state index in [1.807, 2.05) is 20.8 Å². The normalized spacial score (nSPS) is 28.3. The average molecular weight is 304 g/mol. The van der Waals surface area contributed by atoms with Gasteiger partial charge in [0, 0.05) is 31.6 Å². The monoisotopic (exact) mass is 304 g/mol. The van der Waals surface area contributed by atoms with Gasteiger partial charge in [0.15, 0.2) is 0 Å². The van der Waals surface area contributed by atoms with E-state index >= 15 is 0 Å². The second kappa shape index (κ2) is 4.87. The molecule has 0 aromatic rings. The van der Waals surface area contributed by atoms with Crippen LogP contribution in [0.5, 0.6) is 0 Å². The topological polar surface area (TPSA) is 66.9 Å². The molecule has 0 saturated carbocycles. The lowest BCUT2D eigenvalue weighted by molar-refractivity contribution is 0.0275. The minimum absolute atomic E-state index is 0.0833. The smallest absolute Gasteiger partial charge is 0.410 e. The Morgan fingerprint density at radius 3 is 2.25 bits per heavy atom. The number of amides is 1. The standard InChI is InChI=1S/C13H24N2O4S/c1-12(2,3)19-11(16)14-7-5-13(9-14)6-8-15(10-13)20(4,17)18/h5-10H2,1-4H3. The van der Waals surface area contributed by atoms with Crippen molar-refractivity contribution < 1.29 is 17.9 Å². The molecule has 1 atom stereocenters. The number of carbonyl (C=O) groups excluding carboxylic acids is 1. The van der Waals surface area contributed by atoms with Crippen molar-refractivity contribution in [1.29, 1.82) is 0 Å². The van der Waals surface area contributed by atoms with E-state index in [0.29, 0.717) is 26.2 Å². The molecule has 0 N–H and O–H groups in total. The summed E-state index contributed by atoms with van der Waals surface area (Å²) in [6, 6.07) is 0. The maximum absolute atomic E-state index is 12.1. The zero-order valence-corrected chi connectivity index (χ0v) is 13.5. The van der Waals surface area contributed by atoms with Crippen molar-refractivity contribution in [1.82, 2.24) is 9.21 Å². The largest absolute Gasteiger partial charge is 0.444 e. The van der Waals surface area contributed by atoms with Gasteiger partial charge in [-0.1, -0.05) is 0 Å². The molecule has 2 aliphatic heterocycles. The molecule has 1 unspecified atom stereocenters. The number of hydrogen-bond acceptors (Lipinski definition) is 4. The van der Waals surface area contributed by atoms with E-state index in [4.69, 9.17) is 4.74 Å². The van der Waals surface area contributed by atoms with Crippen LogP contribution in [-0.4, -0.2) is 61.8 Å². The van der Waals surface area contributed by atoms with Crippen molar-refractivity contribution in [2.45, 2.75) is 39.2 Å². The van der Waals surface area contributed by atoms with Gasteiger partial charge in [0.1, 0.15) is 5.60 Å². The molecule has 0 bridgehead atoms. The molecule has 0 aliphatic carbocycles. The summed E-state index contributed by atoms with van der Waals surface area (Å²) in [5.41, 5.74) is -0.582. The summed E-state index contributed by atoms with van der Waals surface area (Å²) < 4.78 is 30.1. The summed E-state index contributed by atoms with van der Waals surface area (Å²) in [7, 11) is -3.13. The van der Waals surface area contributed by atoms with Crippen LogP contribution < -0.4 is 0 Å². The number of rotatable bonds is 1. The van der Waals surface area contributed by atoms with Crippen LogP contribution in [0.2, 0.25) is 0 Å². The Balaban J connectivity index is 1.98. The number of likely N-dealkylation sites (tertiary alicyclic amines) is 1. The highest BCUT2D eigenvalue weighted by atomic mass is 32.2. The highest BCUT2D eigenvalue weighted by Gasteiger charge is 2.47. The molecule has 1 spiro atoms. The summed E-state index contributed by atoms with van der Waals surface area (Å²) in [5.74, 6) is 0. The molecule has 2 saturated heterocycles. The second-order valence-electron chi connectivity index (χ2n) is 7.00. The minimum atomic E-state index is -3.13. The predicted octanol–water partition coefficient (Wildman–Crippen LogP) is 1.28. The van der Waals surface area contributed by atoms with Crippen LogP contribution in [-0.2, 0) is 14.8 Å². The van der Waals surface area contributed by atoms with Crippen molar-refractivity contribution in [3.05, 3.63) is 0 Å². The van der Waals surface area contributed by atoms with Crippen LogP contribution in [0.4, 0.5) is 4.79 Å². The molecular weight excluding hydrogens is 280 g/mol. The van der Waals surface area contributed by atoms with E-state index in [9.17, 15) is 13.2 Å². The Bertz CT molecular complexity index is 497. The van der Waals surface area contributed by atoms with Crippen molar-refractivity contribution in [2.24, 2.45) is 5.41 Å². The Labute approximate surface area is 121 Å². The molecule has 0 radical (unpaired) electrons. The Morgan fingerprint density at radius 1 is 1.15 bits per heavy atom. The number of carbonyl (C=O) groups is 1. The molecule has 0 aromatic heterocycles. The first-order chi connectivity index (χ1) is 9.01. The average Bonchev–Trinajstić information content (AvgIpc) is 2.84. The van der Waals surface area contributed by atoms with Gasteiger partial charge < -0.3 is 9.64 Å². The van der Waals surface area contributed by atoms with Crippen LogP contribution in [0.3, 0.4) is 0 Å². The number of nitrogens with zero attached hydrogens (tertiary/aromatic N) is 2. The highest BCUT2D eigenvalue weighted by Crippen LogP contribution is 2.40. The van der Waals surface area contributed by atoms with Gasteiger partial charge >= 0.3 is 6.09 Å². The van der Waals surface area contributed by atoms with Gasteiger partial charge in [-0.2, -0.15) is 0 Å². The van der Waals surface area contributed by atoms with Crippen LogP contribution in [0.25, 0.3) is 0 Å². The van der Waals surface area contributed by atoms with Gasteiger partial charge in [-0.05, 0) is 33.6 Å². The first-order valence-corrected chi connectivity index (χ1v) is 8.79. The minimum Gasteiger partial charge on any atom is -0.444 e. The summed E-state index contributed by atoms with van der Waals surface area (Å²) in [6.07, 6.45) is 2.61. The fraction of sp³-hybridized carbons (Fsp3) is 0.923. The third-order valence-corrected chi connectivity index (χ3v) is 5.21. The second-order valence-corrected chi connectivity index (χ2v) is 8.98. The highest BCUT2D eigenvalue weighted by molar-refractivity contribution is 7.88. The zero-order chi connectivity index (χ0) is 15.2. The van der Waals surface area contributed by atoms with Gasteiger partial charge in [-0.15, -0.1) is 0 Å². The van der Waals surface area contributed by atoms with E-state index in [1.54, 1.807) is 4.90 Å². The van der Waals surface area contributed by atoms with Gasteiger partial charge in [-0.3, -0.25) is 0 Å². The van der Waals surface area contributed by atoms with Crippen molar-refractivity contribution in [3.8, 4) is 0 Å². The summed E-state index contributed by atoms with van der Waals surface area (Å²) in [6.45, 7) is 7.85. The fourth-order valence-corrected chi connectivity index (χ4v) is 3.86. The van der Waals surface area contributed by atoms with Gasteiger partial charge in [0.25, 0.3) is 0 Å². The Morgan fingerprint density at radius 2 is 1.75 bits per heavy atom. The first-order valence-electron chi connectivity index (χ1n) is 6.94. The van der Waals surface area contributed by atoms with E-state index in [-0.39, 0.29) is 11.5 Å². The molecule has 1 amide bonds. The molecule has 2 aliphatic rings. The molecule has 7 heteroatoms. The predicted molar refractivity (Wildman–Crippen MR) is 75.9 cm³/mol. The number of ether oxygens (including phenoxy) is 1. The van der Waals surface area contributed by atoms with Crippen LogP contribution in [0.1, 0.15) is 33.6 Å². The van der Waals surface area contributed by atoms with Crippen molar-refractivity contribution in [3.63, 3.8) is 0 Å². The molecule has 116 valence electrons. The summed E-state index contributed by atoms with van der Waals surface area (Å²) >= 11 is 0. The Hall–Kier alpha value is -0.820. The van der Waals surface area contributed by atoms with Gasteiger partial charge in [-0.25, -0.2) is 17.5 Å². The molecular formula is C13H24N2O4S. The Kier molecular flexibility index (Phi) is 3.79. The summed E-state index contributed by atoms with van der Waals surface area (Å²) in [4.78, 5) is 13.8. The molecule has 0 aromatic carbocycles. The lowest BCUT2D eigenvalue weighted by Gasteiger charge is -2.26. The van der Waals surface area contributed by atoms with Gasteiger partial charge in [0.05, 0.1) is 6.26 Å². The van der Waals surface area contributed by atoms with E-state index in [0.717, 1.165) is 12.8 Å². The third-order valence-electron chi connectivity index (χ3n) is 3.96. The number of sulfonamides is 1. The van der Waals surface area contributed by atoms with Crippen LogP contribution in [0, 0.1) is 5.41 Å². The lowest BCUT2D eigenvalue weighted by Crippen LogP contribution is -2.38. The van der Waals surface area contributed by atoms with Crippen molar-refractivity contribution >= 4 is 16.1 Å². The summed E-state index contributed by atoms with van der Waals surface area (Å²) in [5, 5.41) is 0. The third kappa shape index (κ3) is 3.44. The van der Waals surface area contributed by atoms with Crippen LogP contribution >= 0.6 is 0 Å². The molecule has 20 heavy (non-hydrogen) atoms. The quantitative estimate of drug-likeness (QED) is 0.732. The maximum atomic E-state index is 12.1. The van der Waals surface area contributed by atoms with Crippen molar-refractivity contribution in [2.75, 3.05) is 32.4 Å². The molecule has 2 fully saturated rings. The SMILES string of the molecule is CC(C)(C)OC(=O)N1CCC2(CCN(S(C)(=O)=O)C2)C1. The number of hydrogen-bond donors (Lipinski definition) is 0. The molecule has 2 heterocycles. The zero-order valence-electron chi connectivity index (χ0n) is 12.7. The maximum Gasteiger partial charge on any atom is 0.410 e. The van der Waals surface area contributed by atoms with E-state index < -0.39 is 15.6 Å². The first kappa shape index (κ1) is 15.6. The van der Waals surface area contributed by atoms with Crippen LogP contribution in [0.15, 0.2) is 0 Å². The molecule has 6 nitrogen and oxygen atoms in total.